The van der Waals surface area contributed by atoms with Crippen molar-refractivity contribution in [3.8, 4) is 0 Å². The molecule has 2 aliphatic rings. The van der Waals surface area contributed by atoms with Gasteiger partial charge >= 0.3 is 6.16 Å². The van der Waals surface area contributed by atoms with Crippen molar-refractivity contribution in [1.29, 1.82) is 0 Å². The Kier molecular flexibility index (Phi) is 5.22. The number of hydrogen-bond acceptors (Lipinski definition) is 5. The molecular weight excluding hydrogens is 300 g/mol. The highest BCUT2D eigenvalue weighted by Crippen LogP contribution is 2.42. The van der Waals surface area contributed by atoms with Crippen LogP contribution in [0, 0.1) is 0 Å². The summed E-state index contributed by atoms with van der Waals surface area (Å²) in [5.41, 5.74) is 1.51. The van der Waals surface area contributed by atoms with Crippen molar-refractivity contribution in [2.75, 3.05) is 6.61 Å². The average Bonchev–Trinajstić information content (AvgIpc) is 2.79. The summed E-state index contributed by atoms with van der Waals surface area (Å²) in [6.07, 6.45) is 1.60. The minimum atomic E-state index is -1.96. The Labute approximate surface area is 134 Å². The van der Waals surface area contributed by atoms with Gasteiger partial charge in [0.1, 0.15) is 0 Å². The summed E-state index contributed by atoms with van der Waals surface area (Å²) < 4.78 is 22.5. The molecule has 2 rings (SSSR count). The lowest BCUT2D eigenvalue weighted by Crippen LogP contribution is -2.51. The van der Waals surface area contributed by atoms with Gasteiger partial charge in [-0.2, -0.15) is 0 Å². The summed E-state index contributed by atoms with van der Waals surface area (Å²) in [6.45, 7) is 13.9. The first-order valence-electron chi connectivity index (χ1n) is 8.12. The highest BCUT2D eigenvalue weighted by atomic mass is 28.4. The second-order valence-corrected chi connectivity index (χ2v) is 12.5. The molecule has 0 radical (unpaired) electrons. The van der Waals surface area contributed by atoms with Gasteiger partial charge in [0.2, 0.25) is 8.32 Å². The molecule has 3 atom stereocenters. The molecule has 0 N–H and O–H groups in total. The van der Waals surface area contributed by atoms with Gasteiger partial charge in [0.25, 0.3) is 0 Å². The van der Waals surface area contributed by atoms with E-state index in [4.69, 9.17) is 18.6 Å². The molecule has 0 unspecified atom stereocenters. The minimum Gasteiger partial charge on any atom is -0.492 e. The summed E-state index contributed by atoms with van der Waals surface area (Å²) in [6, 6.07) is 0. The first kappa shape index (κ1) is 17.3. The van der Waals surface area contributed by atoms with Gasteiger partial charge in [0.15, 0.2) is 18.3 Å². The van der Waals surface area contributed by atoms with Gasteiger partial charge < -0.3 is 18.6 Å². The fraction of sp³-hybridized carbons (Fsp3) is 0.812. The van der Waals surface area contributed by atoms with Crippen molar-refractivity contribution in [2.45, 2.75) is 76.5 Å². The lowest BCUT2D eigenvalue weighted by atomic mass is 10.1. The van der Waals surface area contributed by atoms with Crippen LogP contribution in [0.5, 0.6) is 0 Å². The van der Waals surface area contributed by atoms with Crippen LogP contribution < -0.4 is 0 Å². The van der Waals surface area contributed by atoms with Crippen LogP contribution in [-0.4, -0.2) is 39.4 Å². The van der Waals surface area contributed by atoms with Crippen molar-refractivity contribution in [2.24, 2.45) is 0 Å². The van der Waals surface area contributed by atoms with E-state index >= 15 is 0 Å². The number of rotatable bonds is 6. The molecule has 0 aromatic heterocycles. The zero-order valence-corrected chi connectivity index (χ0v) is 15.4. The third kappa shape index (κ3) is 3.04. The Bertz CT molecular complexity index is 410. The SMILES string of the molecule is CC(C)[Si](OC[C@H]1OC=C[C@H]2OC(=O)O[C@H]21)(C(C)C)C(C)C. The van der Waals surface area contributed by atoms with E-state index in [1.54, 1.807) is 12.3 Å². The van der Waals surface area contributed by atoms with Crippen LogP contribution in [0.1, 0.15) is 41.5 Å². The molecule has 0 aromatic rings. The fourth-order valence-electron chi connectivity index (χ4n) is 3.98. The second-order valence-electron chi connectivity index (χ2n) is 7.05. The van der Waals surface area contributed by atoms with Crippen LogP contribution in [0.4, 0.5) is 4.79 Å². The molecule has 0 aliphatic carbocycles. The smallest absolute Gasteiger partial charge is 0.492 e. The summed E-state index contributed by atoms with van der Waals surface area (Å²) in [7, 11) is -1.96. The van der Waals surface area contributed by atoms with Gasteiger partial charge in [0, 0.05) is 0 Å². The molecule has 126 valence electrons. The Morgan fingerprint density at radius 1 is 1.09 bits per heavy atom. The van der Waals surface area contributed by atoms with Gasteiger partial charge in [0.05, 0.1) is 12.9 Å². The topological polar surface area (TPSA) is 54.0 Å². The van der Waals surface area contributed by atoms with Gasteiger partial charge in [-0.25, -0.2) is 4.79 Å². The lowest BCUT2D eigenvalue weighted by Gasteiger charge is -2.43. The normalized spacial score (nSPS) is 27.9. The molecule has 2 heterocycles. The van der Waals surface area contributed by atoms with E-state index in [1.807, 2.05) is 0 Å². The Hall–Kier alpha value is -1.01. The maximum absolute atomic E-state index is 11.3. The molecule has 1 fully saturated rings. The standard InChI is InChI=1S/C16H28O5Si/c1-10(2)22(11(3)4,12(5)6)19-9-14-15-13(7-8-18-14)20-16(17)21-15/h7-8,10-15H,9H2,1-6H3/t13-,14-,15-/m1/s1. The van der Waals surface area contributed by atoms with Gasteiger partial charge in [-0.05, 0) is 22.7 Å². The number of hydrogen-bond donors (Lipinski definition) is 0. The number of carbonyl (C=O) groups excluding carboxylic acids is 1. The van der Waals surface area contributed by atoms with E-state index in [0.29, 0.717) is 23.2 Å². The largest absolute Gasteiger partial charge is 0.509 e. The monoisotopic (exact) mass is 328 g/mol. The highest BCUT2D eigenvalue weighted by molar-refractivity contribution is 6.77. The zero-order valence-electron chi connectivity index (χ0n) is 14.4. The van der Waals surface area contributed by atoms with Crippen molar-refractivity contribution < 1.29 is 23.4 Å². The zero-order chi connectivity index (χ0) is 16.5. The third-order valence-electron chi connectivity index (χ3n) is 4.88. The average molecular weight is 328 g/mol. The summed E-state index contributed by atoms with van der Waals surface area (Å²) in [4.78, 5) is 11.3. The molecule has 0 bridgehead atoms. The highest BCUT2D eigenvalue weighted by Gasteiger charge is 2.48. The molecule has 5 nitrogen and oxygen atoms in total. The fourth-order valence-corrected chi connectivity index (χ4v) is 9.44. The first-order valence-corrected chi connectivity index (χ1v) is 10.3. The minimum absolute atomic E-state index is 0.301. The molecule has 0 aromatic carbocycles. The number of ether oxygens (including phenoxy) is 3. The van der Waals surface area contributed by atoms with Gasteiger partial charge in [-0.1, -0.05) is 41.5 Å². The van der Waals surface area contributed by atoms with E-state index in [2.05, 4.69) is 41.5 Å². The van der Waals surface area contributed by atoms with E-state index in [1.165, 1.54) is 0 Å². The van der Waals surface area contributed by atoms with E-state index in [0.717, 1.165) is 0 Å². The van der Waals surface area contributed by atoms with E-state index in [9.17, 15) is 4.79 Å². The number of carbonyl (C=O) groups is 1. The van der Waals surface area contributed by atoms with Crippen LogP contribution in [0.25, 0.3) is 0 Å². The van der Waals surface area contributed by atoms with Crippen LogP contribution in [0.3, 0.4) is 0 Å². The molecule has 6 heteroatoms. The molecule has 2 aliphatic heterocycles. The molecule has 0 spiro atoms. The summed E-state index contributed by atoms with van der Waals surface area (Å²) in [5.74, 6) is 0. The predicted octanol–water partition coefficient (Wildman–Crippen LogP) is 4.00. The Balaban J connectivity index is 2.09. The molecular formula is C16H28O5Si. The Morgan fingerprint density at radius 2 is 1.68 bits per heavy atom. The van der Waals surface area contributed by atoms with Crippen molar-refractivity contribution in [3.05, 3.63) is 12.3 Å². The van der Waals surface area contributed by atoms with E-state index in [-0.39, 0.29) is 12.2 Å². The maximum atomic E-state index is 11.3. The lowest BCUT2D eigenvalue weighted by molar-refractivity contribution is -0.0288. The Morgan fingerprint density at radius 3 is 2.23 bits per heavy atom. The molecule has 0 amide bonds. The summed E-state index contributed by atoms with van der Waals surface area (Å²) >= 11 is 0. The maximum Gasteiger partial charge on any atom is 0.509 e. The number of fused-ring (bicyclic) bond motifs is 1. The van der Waals surface area contributed by atoms with Crippen molar-refractivity contribution >= 4 is 14.5 Å². The van der Waals surface area contributed by atoms with Crippen LogP contribution in [0.2, 0.25) is 16.6 Å². The van der Waals surface area contributed by atoms with Crippen LogP contribution in [-0.2, 0) is 18.6 Å². The van der Waals surface area contributed by atoms with Gasteiger partial charge in [-0.3, -0.25) is 0 Å². The third-order valence-corrected chi connectivity index (χ3v) is 11.0. The van der Waals surface area contributed by atoms with Crippen LogP contribution in [0.15, 0.2) is 12.3 Å². The van der Waals surface area contributed by atoms with Gasteiger partial charge in [-0.15, -0.1) is 0 Å². The van der Waals surface area contributed by atoms with E-state index < -0.39 is 20.6 Å². The van der Waals surface area contributed by atoms with Crippen molar-refractivity contribution in [3.63, 3.8) is 0 Å². The summed E-state index contributed by atoms with van der Waals surface area (Å²) in [5, 5.41) is 0. The van der Waals surface area contributed by atoms with Crippen LogP contribution >= 0.6 is 0 Å². The molecule has 1 saturated heterocycles. The predicted molar refractivity (Wildman–Crippen MR) is 86.2 cm³/mol. The quantitative estimate of drug-likeness (QED) is 0.545. The van der Waals surface area contributed by atoms with Crippen molar-refractivity contribution in [1.82, 2.24) is 0 Å². The molecule has 22 heavy (non-hydrogen) atoms. The first-order chi connectivity index (χ1) is 10.3. The second kappa shape index (κ2) is 6.62. The molecule has 0 saturated carbocycles.